The third-order valence-electron chi connectivity index (χ3n) is 2.28. The van der Waals surface area contributed by atoms with Gasteiger partial charge in [-0.2, -0.15) is 0 Å². The minimum atomic E-state index is -0.151. The monoisotopic (exact) mass is 191 g/mol. The third kappa shape index (κ3) is 2.44. The molecule has 0 fully saturated rings. The van der Waals surface area contributed by atoms with Crippen LogP contribution >= 0.6 is 0 Å². The molecule has 2 nitrogen and oxygen atoms in total. The fourth-order valence-corrected chi connectivity index (χ4v) is 1.39. The zero-order valence-electron chi connectivity index (χ0n) is 8.73. The Hall–Kier alpha value is -1.12. The molecular weight excluding hydrogens is 174 g/mol. The van der Waals surface area contributed by atoms with E-state index in [2.05, 4.69) is 6.58 Å². The number of hydrogen-bond acceptors (Lipinski definition) is 2. The quantitative estimate of drug-likeness (QED) is 0.741. The zero-order valence-corrected chi connectivity index (χ0v) is 8.73. The first-order valence-electron chi connectivity index (χ1n) is 4.65. The van der Waals surface area contributed by atoms with Gasteiger partial charge in [-0.05, 0) is 12.5 Å². The molecule has 0 aromatic heterocycles. The Balaban J connectivity index is 2.87. The molecule has 0 heterocycles. The van der Waals surface area contributed by atoms with Crippen LogP contribution < -0.4 is 5.73 Å². The van der Waals surface area contributed by atoms with Crippen LogP contribution in [0.3, 0.4) is 0 Å². The number of nitrogens with two attached hydrogens (primary N) is 1. The number of methoxy groups -OCH3 is 1. The highest BCUT2D eigenvalue weighted by Gasteiger charge is 2.19. The molecule has 2 unspecified atom stereocenters. The first kappa shape index (κ1) is 11.0. The molecule has 0 aliphatic rings. The maximum Gasteiger partial charge on any atom is 0.101 e. The Kier molecular flexibility index (Phi) is 3.86. The van der Waals surface area contributed by atoms with Crippen LogP contribution in [-0.2, 0) is 4.74 Å². The molecular formula is C12H17NO. The minimum Gasteiger partial charge on any atom is -0.375 e. The van der Waals surface area contributed by atoms with Gasteiger partial charge in [-0.15, -0.1) is 0 Å². The molecule has 1 aromatic rings. The lowest BCUT2D eigenvalue weighted by Crippen LogP contribution is -2.30. The van der Waals surface area contributed by atoms with Gasteiger partial charge in [0.25, 0.3) is 0 Å². The summed E-state index contributed by atoms with van der Waals surface area (Å²) in [5.74, 6) is 0. The van der Waals surface area contributed by atoms with Gasteiger partial charge >= 0.3 is 0 Å². The van der Waals surface area contributed by atoms with Gasteiger partial charge < -0.3 is 10.5 Å². The van der Waals surface area contributed by atoms with Crippen LogP contribution in [0.15, 0.2) is 42.5 Å². The third-order valence-corrected chi connectivity index (χ3v) is 2.28. The number of hydrogen-bond donors (Lipinski definition) is 1. The van der Waals surface area contributed by atoms with Gasteiger partial charge in [0.15, 0.2) is 0 Å². The summed E-state index contributed by atoms with van der Waals surface area (Å²) in [6.07, 6.45) is -0.103. The summed E-state index contributed by atoms with van der Waals surface area (Å²) in [7, 11) is 1.67. The van der Waals surface area contributed by atoms with Crippen molar-refractivity contribution >= 4 is 0 Å². The average Bonchev–Trinajstić information content (AvgIpc) is 2.20. The molecule has 0 amide bonds. The van der Waals surface area contributed by atoms with E-state index in [4.69, 9.17) is 10.5 Å². The van der Waals surface area contributed by atoms with Crippen molar-refractivity contribution in [3.8, 4) is 0 Å². The van der Waals surface area contributed by atoms with Crippen LogP contribution in [0.4, 0.5) is 0 Å². The van der Waals surface area contributed by atoms with Gasteiger partial charge in [-0.25, -0.2) is 0 Å². The lowest BCUT2D eigenvalue weighted by atomic mass is 9.98. The SMILES string of the molecule is C=C(C)C(N)C(OC)c1ccccc1. The van der Waals surface area contributed by atoms with E-state index in [1.54, 1.807) is 7.11 Å². The van der Waals surface area contributed by atoms with Crippen LogP contribution in [0.5, 0.6) is 0 Å². The predicted octanol–water partition coefficient (Wildman–Crippen LogP) is 2.28. The van der Waals surface area contributed by atoms with E-state index in [-0.39, 0.29) is 12.1 Å². The van der Waals surface area contributed by atoms with Crippen molar-refractivity contribution in [3.05, 3.63) is 48.0 Å². The summed E-state index contributed by atoms with van der Waals surface area (Å²) in [6, 6.07) is 9.80. The van der Waals surface area contributed by atoms with E-state index in [0.29, 0.717) is 0 Å². The molecule has 0 saturated carbocycles. The molecule has 14 heavy (non-hydrogen) atoms. The molecule has 0 radical (unpaired) electrons. The molecule has 2 heteroatoms. The molecule has 0 saturated heterocycles. The lowest BCUT2D eigenvalue weighted by molar-refractivity contribution is 0.0898. The van der Waals surface area contributed by atoms with Crippen molar-refractivity contribution in [1.29, 1.82) is 0 Å². The Morgan fingerprint density at radius 1 is 1.36 bits per heavy atom. The van der Waals surface area contributed by atoms with Crippen molar-refractivity contribution in [2.75, 3.05) is 7.11 Å². The molecule has 2 N–H and O–H groups in total. The maximum absolute atomic E-state index is 5.98. The first-order chi connectivity index (χ1) is 6.66. The molecule has 76 valence electrons. The fourth-order valence-electron chi connectivity index (χ4n) is 1.39. The molecule has 0 aliphatic carbocycles. The Bertz CT molecular complexity index is 294. The van der Waals surface area contributed by atoms with Crippen LogP contribution in [-0.4, -0.2) is 13.2 Å². The summed E-state index contributed by atoms with van der Waals surface area (Å²) >= 11 is 0. The van der Waals surface area contributed by atoms with E-state index in [1.807, 2.05) is 37.3 Å². The van der Waals surface area contributed by atoms with Gasteiger partial charge in [0.2, 0.25) is 0 Å². The summed E-state index contributed by atoms with van der Waals surface area (Å²) in [5.41, 5.74) is 8.00. The highest BCUT2D eigenvalue weighted by molar-refractivity contribution is 5.22. The van der Waals surface area contributed by atoms with Crippen molar-refractivity contribution in [2.45, 2.75) is 19.1 Å². The van der Waals surface area contributed by atoms with E-state index < -0.39 is 0 Å². The second-order valence-corrected chi connectivity index (χ2v) is 3.44. The molecule has 2 atom stereocenters. The van der Waals surface area contributed by atoms with Gasteiger partial charge in [0.1, 0.15) is 6.10 Å². The molecule has 0 bridgehead atoms. The number of ether oxygens (including phenoxy) is 1. The Labute approximate surface area is 85.4 Å². The molecule has 0 aliphatic heterocycles. The van der Waals surface area contributed by atoms with Gasteiger partial charge in [0, 0.05) is 7.11 Å². The first-order valence-corrected chi connectivity index (χ1v) is 4.65. The zero-order chi connectivity index (χ0) is 10.6. The topological polar surface area (TPSA) is 35.2 Å². The van der Waals surface area contributed by atoms with Crippen LogP contribution in [0.2, 0.25) is 0 Å². The van der Waals surface area contributed by atoms with Crippen molar-refractivity contribution in [2.24, 2.45) is 5.73 Å². The second kappa shape index (κ2) is 4.94. The van der Waals surface area contributed by atoms with Gasteiger partial charge in [-0.1, -0.05) is 42.5 Å². The van der Waals surface area contributed by atoms with E-state index >= 15 is 0 Å². The molecule has 0 spiro atoms. The fraction of sp³-hybridized carbons (Fsp3) is 0.333. The van der Waals surface area contributed by atoms with E-state index in [0.717, 1.165) is 11.1 Å². The summed E-state index contributed by atoms with van der Waals surface area (Å²) in [4.78, 5) is 0. The number of benzene rings is 1. The van der Waals surface area contributed by atoms with Crippen LogP contribution in [0.25, 0.3) is 0 Å². The van der Waals surface area contributed by atoms with Crippen LogP contribution in [0, 0.1) is 0 Å². The van der Waals surface area contributed by atoms with Crippen molar-refractivity contribution in [1.82, 2.24) is 0 Å². The van der Waals surface area contributed by atoms with Crippen molar-refractivity contribution in [3.63, 3.8) is 0 Å². The van der Waals surface area contributed by atoms with Gasteiger partial charge in [-0.3, -0.25) is 0 Å². The summed E-state index contributed by atoms with van der Waals surface area (Å²) in [5, 5.41) is 0. The lowest BCUT2D eigenvalue weighted by Gasteiger charge is -2.23. The average molecular weight is 191 g/mol. The van der Waals surface area contributed by atoms with Gasteiger partial charge in [0.05, 0.1) is 6.04 Å². The predicted molar refractivity (Wildman–Crippen MR) is 59.0 cm³/mol. The highest BCUT2D eigenvalue weighted by Crippen LogP contribution is 2.22. The van der Waals surface area contributed by atoms with E-state index in [1.165, 1.54) is 0 Å². The standard InChI is InChI=1S/C12H17NO/c1-9(2)11(13)12(14-3)10-7-5-4-6-8-10/h4-8,11-12H,1,13H2,2-3H3. The Morgan fingerprint density at radius 2 is 1.93 bits per heavy atom. The summed E-state index contributed by atoms with van der Waals surface area (Å²) in [6.45, 7) is 5.76. The highest BCUT2D eigenvalue weighted by atomic mass is 16.5. The largest absolute Gasteiger partial charge is 0.375 e. The van der Waals surface area contributed by atoms with Crippen LogP contribution in [0.1, 0.15) is 18.6 Å². The second-order valence-electron chi connectivity index (χ2n) is 3.44. The molecule has 1 aromatic carbocycles. The number of rotatable bonds is 4. The van der Waals surface area contributed by atoms with Crippen molar-refractivity contribution < 1.29 is 4.74 Å². The Morgan fingerprint density at radius 3 is 2.36 bits per heavy atom. The minimum absolute atomic E-state index is 0.103. The summed E-state index contributed by atoms with van der Waals surface area (Å²) < 4.78 is 5.37. The van der Waals surface area contributed by atoms with E-state index in [9.17, 15) is 0 Å². The molecule has 1 rings (SSSR count). The smallest absolute Gasteiger partial charge is 0.101 e. The normalized spacial score (nSPS) is 14.8. The maximum atomic E-state index is 5.98.